The zero-order valence-electron chi connectivity index (χ0n) is 8.40. The number of aliphatic hydroxyl groups excluding tert-OH is 1. The molecule has 0 heterocycles. The Morgan fingerprint density at radius 1 is 0.875 bits per heavy atom. The topological polar surface area (TPSA) is 20.2 Å². The number of rotatable bonds is 2. The molecule has 3 heteroatoms. The highest BCUT2D eigenvalue weighted by Crippen LogP contribution is 2.28. The molecule has 0 amide bonds. The van der Waals surface area contributed by atoms with Gasteiger partial charge in [-0.2, -0.15) is 0 Å². The third-order valence-corrected chi connectivity index (χ3v) is 3.64. The third kappa shape index (κ3) is 2.54. The zero-order valence-corrected chi connectivity index (χ0v) is 11.6. The fourth-order valence-corrected chi connectivity index (χ4v) is 2.29. The van der Waals surface area contributed by atoms with Gasteiger partial charge in [0.05, 0.1) is 0 Å². The Bertz CT molecular complexity index is 480. The van der Waals surface area contributed by atoms with Crippen LogP contribution in [0.15, 0.2) is 57.5 Å². The van der Waals surface area contributed by atoms with Crippen LogP contribution in [-0.2, 0) is 0 Å². The molecule has 2 rings (SSSR count). The number of benzene rings is 2. The zero-order chi connectivity index (χ0) is 11.5. The standard InChI is InChI=1S/C13H10Br2O/c14-10-7-5-9(6-8-10)13(16)11-3-1-2-4-12(11)15/h1-8,13,16H. The smallest absolute Gasteiger partial charge is 0.105 e. The maximum atomic E-state index is 10.2. The second-order valence-electron chi connectivity index (χ2n) is 3.48. The molecule has 2 aromatic carbocycles. The van der Waals surface area contributed by atoms with Crippen molar-refractivity contribution in [2.24, 2.45) is 0 Å². The fourth-order valence-electron chi connectivity index (χ4n) is 1.52. The summed E-state index contributed by atoms with van der Waals surface area (Å²) in [7, 11) is 0. The van der Waals surface area contributed by atoms with Crippen LogP contribution in [0.5, 0.6) is 0 Å². The highest BCUT2D eigenvalue weighted by molar-refractivity contribution is 9.10. The SMILES string of the molecule is OC(c1ccc(Br)cc1)c1ccccc1Br. The summed E-state index contributed by atoms with van der Waals surface area (Å²) < 4.78 is 1.93. The van der Waals surface area contributed by atoms with Crippen LogP contribution in [0.4, 0.5) is 0 Å². The van der Waals surface area contributed by atoms with E-state index in [9.17, 15) is 5.11 Å². The van der Waals surface area contributed by atoms with Crippen molar-refractivity contribution in [1.82, 2.24) is 0 Å². The first kappa shape index (κ1) is 11.8. The van der Waals surface area contributed by atoms with Gasteiger partial charge in [0.25, 0.3) is 0 Å². The van der Waals surface area contributed by atoms with Gasteiger partial charge in [-0.1, -0.05) is 62.2 Å². The predicted molar refractivity (Wildman–Crippen MR) is 72.3 cm³/mol. The van der Waals surface area contributed by atoms with Crippen molar-refractivity contribution in [2.75, 3.05) is 0 Å². The number of halogens is 2. The van der Waals surface area contributed by atoms with Crippen molar-refractivity contribution in [3.05, 3.63) is 68.6 Å². The summed E-state index contributed by atoms with van der Waals surface area (Å²) in [5.74, 6) is 0. The Labute approximate surface area is 111 Å². The first-order valence-corrected chi connectivity index (χ1v) is 6.45. The third-order valence-electron chi connectivity index (χ3n) is 2.39. The maximum Gasteiger partial charge on any atom is 0.105 e. The van der Waals surface area contributed by atoms with Gasteiger partial charge < -0.3 is 5.11 Å². The molecular formula is C13H10Br2O. The van der Waals surface area contributed by atoms with Crippen LogP contribution in [0.25, 0.3) is 0 Å². The van der Waals surface area contributed by atoms with E-state index in [1.807, 2.05) is 48.5 Å². The molecule has 0 aliphatic carbocycles. The van der Waals surface area contributed by atoms with E-state index >= 15 is 0 Å². The molecule has 0 radical (unpaired) electrons. The highest BCUT2D eigenvalue weighted by atomic mass is 79.9. The van der Waals surface area contributed by atoms with E-state index in [4.69, 9.17) is 0 Å². The molecule has 0 aliphatic rings. The van der Waals surface area contributed by atoms with Gasteiger partial charge in [-0.25, -0.2) is 0 Å². The van der Waals surface area contributed by atoms with E-state index in [-0.39, 0.29) is 0 Å². The second-order valence-corrected chi connectivity index (χ2v) is 5.25. The Morgan fingerprint density at radius 3 is 2.12 bits per heavy atom. The van der Waals surface area contributed by atoms with Crippen LogP contribution in [0, 0.1) is 0 Å². The van der Waals surface area contributed by atoms with Gasteiger partial charge >= 0.3 is 0 Å². The van der Waals surface area contributed by atoms with Gasteiger partial charge in [-0.05, 0) is 29.3 Å². The molecule has 1 atom stereocenters. The minimum absolute atomic E-state index is 0.594. The molecule has 0 fully saturated rings. The molecule has 1 unspecified atom stereocenters. The molecule has 0 saturated carbocycles. The molecule has 1 N–H and O–H groups in total. The molecular weight excluding hydrogens is 332 g/mol. The van der Waals surface area contributed by atoms with Crippen LogP contribution in [0.3, 0.4) is 0 Å². The lowest BCUT2D eigenvalue weighted by atomic mass is 10.0. The molecule has 1 nitrogen and oxygen atoms in total. The average molecular weight is 342 g/mol. The summed E-state index contributed by atoms with van der Waals surface area (Å²) in [4.78, 5) is 0. The van der Waals surface area contributed by atoms with Crippen molar-refractivity contribution in [1.29, 1.82) is 0 Å². The Morgan fingerprint density at radius 2 is 1.50 bits per heavy atom. The quantitative estimate of drug-likeness (QED) is 0.863. The monoisotopic (exact) mass is 340 g/mol. The highest BCUT2D eigenvalue weighted by Gasteiger charge is 2.12. The van der Waals surface area contributed by atoms with Gasteiger partial charge in [-0.15, -0.1) is 0 Å². The van der Waals surface area contributed by atoms with Crippen LogP contribution in [0.1, 0.15) is 17.2 Å². The largest absolute Gasteiger partial charge is 0.384 e. The van der Waals surface area contributed by atoms with Crippen molar-refractivity contribution in [3.63, 3.8) is 0 Å². The summed E-state index contributed by atoms with van der Waals surface area (Å²) in [5, 5.41) is 10.2. The Balaban J connectivity index is 2.35. The van der Waals surface area contributed by atoms with Gasteiger partial charge in [0.2, 0.25) is 0 Å². The van der Waals surface area contributed by atoms with Crippen molar-refractivity contribution < 1.29 is 5.11 Å². The van der Waals surface area contributed by atoms with Crippen molar-refractivity contribution in [3.8, 4) is 0 Å². The minimum Gasteiger partial charge on any atom is -0.384 e. The first-order chi connectivity index (χ1) is 7.68. The maximum absolute atomic E-state index is 10.2. The number of hydrogen-bond acceptors (Lipinski definition) is 1. The normalized spacial score (nSPS) is 12.4. The summed E-state index contributed by atoms with van der Waals surface area (Å²) in [6.45, 7) is 0. The lowest BCUT2D eigenvalue weighted by molar-refractivity contribution is 0.219. The predicted octanol–water partition coefficient (Wildman–Crippen LogP) is 4.29. The van der Waals surface area contributed by atoms with E-state index in [2.05, 4.69) is 31.9 Å². The van der Waals surface area contributed by atoms with E-state index in [0.29, 0.717) is 0 Å². The fraction of sp³-hybridized carbons (Fsp3) is 0.0769. The number of aliphatic hydroxyl groups is 1. The van der Waals surface area contributed by atoms with Gasteiger partial charge in [-0.3, -0.25) is 0 Å². The van der Waals surface area contributed by atoms with Gasteiger partial charge in [0.15, 0.2) is 0 Å². The Kier molecular flexibility index (Phi) is 3.79. The molecule has 0 spiro atoms. The van der Waals surface area contributed by atoms with E-state index in [1.54, 1.807) is 0 Å². The molecule has 0 bridgehead atoms. The molecule has 82 valence electrons. The van der Waals surface area contributed by atoms with Gasteiger partial charge in [0.1, 0.15) is 6.10 Å². The van der Waals surface area contributed by atoms with Crippen LogP contribution in [-0.4, -0.2) is 5.11 Å². The number of hydrogen-bond donors (Lipinski definition) is 1. The molecule has 0 aromatic heterocycles. The molecule has 16 heavy (non-hydrogen) atoms. The first-order valence-electron chi connectivity index (χ1n) is 4.86. The van der Waals surface area contributed by atoms with Crippen molar-refractivity contribution in [2.45, 2.75) is 6.10 Å². The summed E-state index contributed by atoms with van der Waals surface area (Å²) in [6.07, 6.45) is -0.594. The average Bonchev–Trinajstić information content (AvgIpc) is 2.30. The van der Waals surface area contributed by atoms with E-state index in [0.717, 1.165) is 20.1 Å². The lowest BCUT2D eigenvalue weighted by Crippen LogP contribution is -2.00. The second kappa shape index (κ2) is 5.13. The van der Waals surface area contributed by atoms with Crippen LogP contribution in [0.2, 0.25) is 0 Å². The van der Waals surface area contributed by atoms with E-state index < -0.39 is 6.10 Å². The molecule has 0 aliphatic heterocycles. The van der Waals surface area contributed by atoms with Gasteiger partial charge in [0, 0.05) is 8.95 Å². The van der Waals surface area contributed by atoms with Crippen LogP contribution < -0.4 is 0 Å². The Hall–Kier alpha value is -0.640. The lowest BCUT2D eigenvalue weighted by Gasteiger charge is -2.13. The van der Waals surface area contributed by atoms with E-state index in [1.165, 1.54) is 0 Å². The molecule has 0 saturated heterocycles. The summed E-state index contributed by atoms with van der Waals surface area (Å²) in [5.41, 5.74) is 1.76. The van der Waals surface area contributed by atoms with Crippen molar-refractivity contribution >= 4 is 31.9 Å². The summed E-state index contributed by atoms with van der Waals surface area (Å²) >= 11 is 6.81. The summed E-state index contributed by atoms with van der Waals surface area (Å²) in [6, 6.07) is 15.4. The minimum atomic E-state index is -0.594. The molecule has 2 aromatic rings. The van der Waals surface area contributed by atoms with Crippen LogP contribution >= 0.6 is 31.9 Å².